The van der Waals surface area contributed by atoms with E-state index in [-0.39, 0.29) is 11.9 Å². The summed E-state index contributed by atoms with van der Waals surface area (Å²) in [4.78, 5) is 27.3. The third kappa shape index (κ3) is 4.03. The molecule has 2 aromatic carbocycles. The molecule has 1 heterocycles. The predicted molar refractivity (Wildman–Crippen MR) is 120 cm³/mol. The highest BCUT2D eigenvalue weighted by Crippen LogP contribution is 2.40. The van der Waals surface area contributed by atoms with Crippen LogP contribution >= 0.6 is 11.3 Å². The zero-order valence-electron chi connectivity index (χ0n) is 17.2. The number of hydrogen-bond donors (Lipinski definition) is 1. The summed E-state index contributed by atoms with van der Waals surface area (Å²) < 4.78 is 5.06. The van der Waals surface area contributed by atoms with Crippen LogP contribution in [0.1, 0.15) is 51.2 Å². The number of amides is 1. The third-order valence-electron chi connectivity index (χ3n) is 5.67. The largest absolute Gasteiger partial charge is 0.465 e. The van der Waals surface area contributed by atoms with Gasteiger partial charge in [0.05, 0.1) is 18.6 Å². The van der Waals surface area contributed by atoms with Crippen LogP contribution in [-0.4, -0.2) is 19.0 Å². The highest BCUT2D eigenvalue weighted by molar-refractivity contribution is 7.17. The van der Waals surface area contributed by atoms with Crippen molar-refractivity contribution in [3.05, 3.63) is 87.8 Å². The van der Waals surface area contributed by atoms with Crippen LogP contribution in [0.4, 0.5) is 5.00 Å². The van der Waals surface area contributed by atoms with Gasteiger partial charge in [-0.25, -0.2) is 4.79 Å². The lowest BCUT2D eigenvalue weighted by Gasteiger charge is -2.18. The van der Waals surface area contributed by atoms with Gasteiger partial charge in [0.1, 0.15) is 5.00 Å². The van der Waals surface area contributed by atoms with E-state index in [2.05, 4.69) is 12.2 Å². The molecule has 1 amide bonds. The SMILES string of the molecule is COC(=O)c1c(NC(=O)C(c2ccccc2)c2ccccc2)sc2c1CC[C@@H](C)C2. The van der Waals surface area contributed by atoms with E-state index in [1.807, 2.05) is 60.7 Å². The Morgan fingerprint density at radius 1 is 1.03 bits per heavy atom. The van der Waals surface area contributed by atoms with Crippen LogP contribution in [0.25, 0.3) is 0 Å². The van der Waals surface area contributed by atoms with Gasteiger partial charge in [-0.2, -0.15) is 0 Å². The number of anilines is 1. The van der Waals surface area contributed by atoms with E-state index in [4.69, 9.17) is 4.74 Å². The van der Waals surface area contributed by atoms with Crippen LogP contribution in [0.2, 0.25) is 0 Å². The molecule has 1 aliphatic rings. The van der Waals surface area contributed by atoms with Crippen molar-refractivity contribution >= 4 is 28.2 Å². The normalized spacial score (nSPS) is 15.5. The van der Waals surface area contributed by atoms with Crippen LogP contribution in [0, 0.1) is 5.92 Å². The quantitative estimate of drug-likeness (QED) is 0.561. The van der Waals surface area contributed by atoms with E-state index in [0.29, 0.717) is 16.5 Å². The van der Waals surface area contributed by atoms with Gasteiger partial charge in [-0.1, -0.05) is 67.6 Å². The predicted octanol–water partition coefficient (Wildman–Crippen LogP) is 5.43. The Balaban J connectivity index is 1.72. The highest BCUT2D eigenvalue weighted by atomic mass is 32.1. The molecular weight excluding hydrogens is 394 g/mol. The summed E-state index contributed by atoms with van der Waals surface area (Å²) in [6.45, 7) is 2.22. The summed E-state index contributed by atoms with van der Waals surface area (Å²) in [7, 11) is 1.39. The molecule has 0 spiro atoms. The number of carbonyl (C=O) groups excluding carboxylic acids is 2. The Morgan fingerprint density at radius 2 is 1.63 bits per heavy atom. The molecule has 5 heteroatoms. The lowest BCUT2D eigenvalue weighted by molar-refractivity contribution is -0.116. The maximum atomic E-state index is 13.5. The molecule has 30 heavy (non-hydrogen) atoms. The number of fused-ring (bicyclic) bond motifs is 1. The number of ether oxygens (including phenoxy) is 1. The van der Waals surface area contributed by atoms with Gasteiger partial charge < -0.3 is 10.1 Å². The van der Waals surface area contributed by atoms with Gasteiger partial charge in [0, 0.05) is 4.88 Å². The van der Waals surface area contributed by atoms with Crippen molar-refractivity contribution in [1.29, 1.82) is 0 Å². The molecule has 0 saturated heterocycles. The van der Waals surface area contributed by atoms with Crippen molar-refractivity contribution in [2.75, 3.05) is 12.4 Å². The van der Waals surface area contributed by atoms with Crippen LogP contribution in [-0.2, 0) is 22.4 Å². The fourth-order valence-electron chi connectivity index (χ4n) is 4.13. The summed E-state index contributed by atoms with van der Waals surface area (Å²) in [6.07, 6.45) is 2.81. The molecule has 3 aromatic rings. The Labute approximate surface area is 180 Å². The molecular formula is C25H25NO3S. The maximum Gasteiger partial charge on any atom is 0.341 e. The Morgan fingerprint density at radius 3 is 2.20 bits per heavy atom. The van der Waals surface area contributed by atoms with Crippen molar-refractivity contribution in [3.63, 3.8) is 0 Å². The van der Waals surface area contributed by atoms with E-state index in [0.717, 1.165) is 36.0 Å². The third-order valence-corrected chi connectivity index (χ3v) is 6.84. The van der Waals surface area contributed by atoms with Gasteiger partial charge in [-0.15, -0.1) is 11.3 Å². The molecule has 1 aromatic heterocycles. The average Bonchev–Trinajstić information content (AvgIpc) is 3.11. The van der Waals surface area contributed by atoms with Gasteiger partial charge in [0.2, 0.25) is 5.91 Å². The number of hydrogen-bond acceptors (Lipinski definition) is 4. The summed E-state index contributed by atoms with van der Waals surface area (Å²) >= 11 is 1.51. The molecule has 0 fully saturated rings. The Hall–Kier alpha value is -2.92. The van der Waals surface area contributed by atoms with E-state index in [1.165, 1.54) is 23.3 Å². The van der Waals surface area contributed by atoms with Gasteiger partial charge in [-0.05, 0) is 41.9 Å². The second kappa shape index (κ2) is 8.84. The lowest BCUT2D eigenvalue weighted by atomic mass is 9.88. The Bertz CT molecular complexity index is 1000. The lowest BCUT2D eigenvalue weighted by Crippen LogP contribution is -2.23. The van der Waals surface area contributed by atoms with Crippen LogP contribution < -0.4 is 5.32 Å². The van der Waals surface area contributed by atoms with E-state index in [1.54, 1.807) is 0 Å². The molecule has 0 unspecified atom stereocenters. The second-order valence-electron chi connectivity index (χ2n) is 7.79. The maximum absolute atomic E-state index is 13.5. The first kappa shape index (κ1) is 20.4. The molecule has 0 aliphatic heterocycles. The summed E-state index contributed by atoms with van der Waals surface area (Å²) in [5.74, 6) is -0.417. The number of esters is 1. The van der Waals surface area contributed by atoms with Crippen LogP contribution in [0.15, 0.2) is 60.7 Å². The van der Waals surface area contributed by atoms with Crippen molar-refractivity contribution in [3.8, 4) is 0 Å². The minimum absolute atomic E-state index is 0.149. The van der Waals surface area contributed by atoms with E-state index >= 15 is 0 Å². The molecule has 1 atom stereocenters. The second-order valence-corrected chi connectivity index (χ2v) is 8.90. The molecule has 0 radical (unpaired) electrons. The fraction of sp³-hybridized carbons (Fsp3) is 0.280. The molecule has 0 saturated carbocycles. The molecule has 1 aliphatic carbocycles. The highest BCUT2D eigenvalue weighted by Gasteiger charge is 2.31. The van der Waals surface area contributed by atoms with Crippen LogP contribution in [0.3, 0.4) is 0 Å². The number of methoxy groups -OCH3 is 1. The van der Waals surface area contributed by atoms with Crippen molar-refractivity contribution in [2.24, 2.45) is 5.92 Å². The number of benzene rings is 2. The fourth-order valence-corrected chi connectivity index (χ4v) is 5.53. The first-order chi connectivity index (χ1) is 14.6. The van der Waals surface area contributed by atoms with Gasteiger partial charge >= 0.3 is 5.97 Å². The first-order valence-electron chi connectivity index (χ1n) is 10.2. The average molecular weight is 420 g/mol. The minimum atomic E-state index is -0.462. The van der Waals surface area contributed by atoms with Crippen molar-refractivity contribution < 1.29 is 14.3 Å². The van der Waals surface area contributed by atoms with Crippen LogP contribution in [0.5, 0.6) is 0 Å². The summed E-state index contributed by atoms with van der Waals surface area (Å²) in [6, 6.07) is 19.4. The molecule has 154 valence electrons. The van der Waals surface area contributed by atoms with Gasteiger partial charge in [0.25, 0.3) is 0 Å². The molecule has 4 nitrogen and oxygen atoms in total. The van der Waals surface area contributed by atoms with E-state index in [9.17, 15) is 9.59 Å². The number of rotatable bonds is 5. The standard InChI is InChI=1S/C25H25NO3S/c1-16-13-14-19-20(15-16)30-24(22(19)25(28)29-2)26-23(27)21(17-9-5-3-6-10-17)18-11-7-4-8-12-18/h3-12,16,21H,13-15H2,1-2H3,(H,26,27)/t16-/m1/s1. The summed E-state index contributed by atoms with van der Waals surface area (Å²) in [5.41, 5.74) is 3.39. The zero-order valence-corrected chi connectivity index (χ0v) is 18.0. The molecule has 0 bridgehead atoms. The minimum Gasteiger partial charge on any atom is -0.465 e. The number of thiophene rings is 1. The van der Waals surface area contributed by atoms with Crippen molar-refractivity contribution in [2.45, 2.75) is 32.1 Å². The van der Waals surface area contributed by atoms with Gasteiger partial charge in [-0.3, -0.25) is 4.79 Å². The smallest absolute Gasteiger partial charge is 0.341 e. The number of carbonyl (C=O) groups is 2. The topological polar surface area (TPSA) is 55.4 Å². The van der Waals surface area contributed by atoms with Gasteiger partial charge in [0.15, 0.2) is 0 Å². The summed E-state index contributed by atoms with van der Waals surface area (Å²) in [5, 5.41) is 3.67. The molecule has 4 rings (SSSR count). The first-order valence-corrected chi connectivity index (χ1v) is 11.0. The Kier molecular flexibility index (Phi) is 6.00. The number of nitrogens with one attached hydrogen (secondary N) is 1. The molecule has 1 N–H and O–H groups in total. The van der Waals surface area contributed by atoms with E-state index < -0.39 is 5.92 Å². The van der Waals surface area contributed by atoms with Crippen molar-refractivity contribution in [1.82, 2.24) is 0 Å². The zero-order chi connectivity index (χ0) is 21.1. The monoisotopic (exact) mass is 419 g/mol.